The Morgan fingerprint density at radius 1 is 1.18 bits per heavy atom. The lowest BCUT2D eigenvalue weighted by atomic mass is 10.1. The van der Waals surface area contributed by atoms with Crippen molar-refractivity contribution in [1.82, 2.24) is 15.2 Å². The van der Waals surface area contributed by atoms with Gasteiger partial charge in [-0.25, -0.2) is 0 Å². The quantitative estimate of drug-likeness (QED) is 0.800. The molecule has 0 saturated heterocycles. The fourth-order valence-corrected chi connectivity index (χ4v) is 2.31. The number of para-hydroxylation sites is 1. The summed E-state index contributed by atoms with van der Waals surface area (Å²) in [6.45, 7) is 3.84. The molecule has 3 rings (SSSR count). The molecule has 6 nitrogen and oxygen atoms in total. The number of nitrogens with one attached hydrogen (secondary N) is 1. The van der Waals surface area contributed by atoms with Crippen molar-refractivity contribution in [2.75, 3.05) is 11.9 Å². The fraction of sp³-hybridized carbons (Fsp3) is 0.188. The van der Waals surface area contributed by atoms with Crippen LogP contribution in [-0.2, 0) is 4.79 Å². The molecule has 112 valence electrons. The Balaban J connectivity index is 1.65. The third-order valence-corrected chi connectivity index (χ3v) is 3.14. The van der Waals surface area contributed by atoms with Crippen molar-refractivity contribution in [3.8, 4) is 0 Å². The Labute approximate surface area is 127 Å². The Bertz CT molecular complexity index is 806. The van der Waals surface area contributed by atoms with Gasteiger partial charge in [0.05, 0.1) is 0 Å². The standard InChI is InChI=1S/C16H16N4O2/c1-11-7-12(2)9-13(8-11)17-16(21)10-22-20-15-6-4-3-5-14(15)18-19-20/h3-9H,10H2,1-2H3,(H,17,21). The van der Waals surface area contributed by atoms with Crippen LogP contribution in [0.2, 0.25) is 0 Å². The minimum Gasteiger partial charge on any atom is -0.385 e. The van der Waals surface area contributed by atoms with Crippen molar-refractivity contribution in [2.45, 2.75) is 13.8 Å². The van der Waals surface area contributed by atoms with Crippen LogP contribution < -0.4 is 10.2 Å². The summed E-state index contributed by atoms with van der Waals surface area (Å²) in [6.07, 6.45) is 0. The molecule has 3 aromatic rings. The second-order valence-corrected chi connectivity index (χ2v) is 5.15. The Kier molecular flexibility index (Phi) is 3.74. The zero-order chi connectivity index (χ0) is 15.5. The number of carbonyl (C=O) groups is 1. The molecule has 0 unspecified atom stereocenters. The van der Waals surface area contributed by atoms with Crippen LogP contribution in [-0.4, -0.2) is 27.7 Å². The molecule has 0 radical (unpaired) electrons. The monoisotopic (exact) mass is 296 g/mol. The lowest BCUT2D eigenvalue weighted by molar-refractivity contribution is -0.121. The van der Waals surface area contributed by atoms with Gasteiger partial charge < -0.3 is 10.2 Å². The molecule has 2 aromatic carbocycles. The van der Waals surface area contributed by atoms with E-state index in [2.05, 4.69) is 15.6 Å². The average molecular weight is 296 g/mol. The van der Waals surface area contributed by atoms with Crippen molar-refractivity contribution in [3.63, 3.8) is 0 Å². The maximum atomic E-state index is 12.0. The van der Waals surface area contributed by atoms with Crippen LogP contribution in [0.4, 0.5) is 5.69 Å². The summed E-state index contributed by atoms with van der Waals surface area (Å²) < 4.78 is 0. The highest BCUT2D eigenvalue weighted by Gasteiger charge is 2.08. The lowest BCUT2D eigenvalue weighted by Gasteiger charge is -2.08. The van der Waals surface area contributed by atoms with Gasteiger partial charge in [-0.05, 0) is 54.5 Å². The first-order chi connectivity index (χ1) is 10.6. The van der Waals surface area contributed by atoms with Crippen LogP contribution in [0.15, 0.2) is 42.5 Å². The normalized spacial score (nSPS) is 10.6. The highest BCUT2D eigenvalue weighted by atomic mass is 16.7. The molecule has 1 aromatic heterocycles. The first kappa shape index (κ1) is 14.1. The number of hydrogen-bond donors (Lipinski definition) is 1. The van der Waals surface area contributed by atoms with E-state index in [4.69, 9.17) is 4.84 Å². The minimum atomic E-state index is -0.246. The molecular weight excluding hydrogens is 280 g/mol. The summed E-state index contributed by atoms with van der Waals surface area (Å²) >= 11 is 0. The molecule has 0 spiro atoms. The maximum absolute atomic E-state index is 12.0. The second kappa shape index (κ2) is 5.85. The van der Waals surface area contributed by atoms with E-state index in [-0.39, 0.29) is 12.5 Å². The topological polar surface area (TPSA) is 69.0 Å². The van der Waals surface area contributed by atoms with Gasteiger partial charge in [-0.15, -0.1) is 5.10 Å². The Hall–Kier alpha value is -2.89. The van der Waals surface area contributed by atoms with Crippen molar-refractivity contribution in [3.05, 3.63) is 53.6 Å². The van der Waals surface area contributed by atoms with E-state index < -0.39 is 0 Å². The average Bonchev–Trinajstić information content (AvgIpc) is 2.87. The second-order valence-electron chi connectivity index (χ2n) is 5.15. The van der Waals surface area contributed by atoms with E-state index in [1.54, 1.807) is 0 Å². The van der Waals surface area contributed by atoms with Crippen LogP contribution >= 0.6 is 0 Å². The molecule has 6 heteroatoms. The third kappa shape index (κ3) is 3.06. The molecule has 0 aliphatic rings. The van der Waals surface area contributed by atoms with Crippen molar-refractivity contribution in [2.24, 2.45) is 0 Å². The summed E-state index contributed by atoms with van der Waals surface area (Å²) in [5.41, 5.74) is 4.39. The van der Waals surface area contributed by atoms with E-state index in [0.717, 1.165) is 27.8 Å². The van der Waals surface area contributed by atoms with Gasteiger partial charge in [0.25, 0.3) is 5.91 Å². The number of hydrogen-bond acceptors (Lipinski definition) is 4. The summed E-state index contributed by atoms with van der Waals surface area (Å²) in [7, 11) is 0. The summed E-state index contributed by atoms with van der Waals surface area (Å²) in [6, 6.07) is 13.3. The van der Waals surface area contributed by atoms with Gasteiger partial charge in [0.15, 0.2) is 6.61 Å². The highest BCUT2D eigenvalue weighted by molar-refractivity contribution is 5.91. The molecule has 22 heavy (non-hydrogen) atoms. The first-order valence-electron chi connectivity index (χ1n) is 6.94. The molecule has 1 N–H and O–H groups in total. The summed E-state index contributed by atoms with van der Waals surface area (Å²) in [5, 5.41) is 10.6. The van der Waals surface area contributed by atoms with Gasteiger partial charge in [-0.2, -0.15) is 0 Å². The van der Waals surface area contributed by atoms with Gasteiger partial charge >= 0.3 is 0 Å². The Morgan fingerprint density at radius 3 is 2.68 bits per heavy atom. The van der Waals surface area contributed by atoms with Gasteiger partial charge in [0.1, 0.15) is 11.0 Å². The van der Waals surface area contributed by atoms with Crippen LogP contribution in [0.5, 0.6) is 0 Å². The van der Waals surface area contributed by atoms with Crippen LogP contribution in [0.1, 0.15) is 11.1 Å². The number of carbonyl (C=O) groups excluding carboxylic acids is 1. The van der Waals surface area contributed by atoms with E-state index in [1.807, 2.05) is 56.3 Å². The van der Waals surface area contributed by atoms with Crippen LogP contribution in [0.3, 0.4) is 0 Å². The summed E-state index contributed by atoms with van der Waals surface area (Å²) in [5.74, 6) is -0.246. The highest BCUT2D eigenvalue weighted by Crippen LogP contribution is 2.13. The van der Waals surface area contributed by atoms with Gasteiger partial charge in [0, 0.05) is 5.69 Å². The number of nitrogens with zero attached hydrogens (tertiary/aromatic N) is 3. The number of aromatic nitrogens is 3. The zero-order valence-electron chi connectivity index (χ0n) is 12.4. The number of anilines is 1. The van der Waals surface area contributed by atoms with Gasteiger partial charge in [-0.3, -0.25) is 4.79 Å². The van der Waals surface area contributed by atoms with E-state index in [9.17, 15) is 4.79 Å². The molecule has 0 aliphatic carbocycles. The van der Waals surface area contributed by atoms with Crippen LogP contribution in [0, 0.1) is 13.8 Å². The largest absolute Gasteiger partial charge is 0.385 e. The SMILES string of the molecule is Cc1cc(C)cc(NC(=O)COn2nnc3ccccc32)c1. The van der Waals surface area contributed by atoms with E-state index in [0.29, 0.717) is 0 Å². The summed E-state index contributed by atoms with van der Waals surface area (Å²) in [4.78, 5) is 18.6. The van der Waals surface area contributed by atoms with Crippen LogP contribution in [0.25, 0.3) is 11.0 Å². The fourth-order valence-electron chi connectivity index (χ4n) is 2.31. The molecule has 0 bridgehead atoms. The lowest BCUT2D eigenvalue weighted by Crippen LogP contribution is -2.26. The van der Waals surface area contributed by atoms with E-state index >= 15 is 0 Å². The molecule has 0 saturated carbocycles. The number of rotatable bonds is 4. The molecule has 0 atom stereocenters. The predicted molar refractivity (Wildman–Crippen MR) is 83.5 cm³/mol. The van der Waals surface area contributed by atoms with Crippen molar-refractivity contribution >= 4 is 22.6 Å². The molecule has 1 heterocycles. The molecule has 0 fully saturated rings. The van der Waals surface area contributed by atoms with E-state index in [1.165, 1.54) is 4.85 Å². The molecule has 0 aliphatic heterocycles. The third-order valence-electron chi connectivity index (χ3n) is 3.14. The maximum Gasteiger partial charge on any atom is 0.265 e. The predicted octanol–water partition coefficient (Wildman–Crippen LogP) is 2.12. The van der Waals surface area contributed by atoms with Crippen molar-refractivity contribution in [1.29, 1.82) is 0 Å². The number of amides is 1. The number of aryl methyl sites for hydroxylation is 2. The smallest absolute Gasteiger partial charge is 0.265 e. The van der Waals surface area contributed by atoms with Crippen molar-refractivity contribution < 1.29 is 9.63 Å². The van der Waals surface area contributed by atoms with Gasteiger partial charge in [-0.1, -0.05) is 23.0 Å². The minimum absolute atomic E-state index is 0.139. The molecular formula is C16H16N4O2. The number of fused-ring (bicyclic) bond motifs is 1. The zero-order valence-corrected chi connectivity index (χ0v) is 12.4. The number of benzene rings is 2. The first-order valence-corrected chi connectivity index (χ1v) is 6.94. The van der Waals surface area contributed by atoms with Gasteiger partial charge in [0.2, 0.25) is 0 Å². The Morgan fingerprint density at radius 2 is 1.91 bits per heavy atom. The molecule has 1 amide bonds.